The lowest BCUT2D eigenvalue weighted by molar-refractivity contribution is 1.27. The Morgan fingerprint density at radius 1 is 0.420 bits per heavy atom. The highest BCUT2D eigenvalue weighted by Gasteiger charge is 2.25. The average molecular weight is 644 g/mol. The number of fused-ring (bicyclic) bond motifs is 1. The highest BCUT2D eigenvalue weighted by atomic mass is 15.2. The van der Waals surface area contributed by atoms with Crippen molar-refractivity contribution in [1.29, 1.82) is 0 Å². The van der Waals surface area contributed by atoms with E-state index >= 15 is 0 Å². The minimum Gasteiger partial charge on any atom is -0.356 e. The van der Waals surface area contributed by atoms with Crippen molar-refractivity contribution < 1.29 is 0 Å². The Bertz CT molecular complexity index is 2360. The van der Waals surface area contributed by atoms with Gasteiger partial charge in [0.05, 0.1) is 11.4 Å². The Morgan fingerprint density at radius 2 is 1.00 bits per heavy atom. The summed E-state index contributed by atoms with van der Waals surface area (Å²) >= 11 is 0. The van der Waals surface area contributed by atoms with Gasteiger partial charge in [0.15, 0.2) is 0 Å². The first-order valence-electron chi connectivity index (χ1n) is 17.0. The maximum Gasteiger partial charge on any atom is 0.0782 e. The van der Waals surface area contributed by atoms with Gasteiger partial charge in [0.1, 0.15) is 0 Å². The van der Waals surface area contributed by atoms with Crippen molar-refractivity contribution in [2.45, 2.75) is 6.92 Å². The molecule has 0 aliphatic carbocycles. The molecule has 0 aromatic heterocycles. The lowest BCUT2D eigenvalue weighted by Gasteiger charge is -2.32. The first-order valence-corrected chi connectivity index (χ1v) is 17.0. The normalized spacial score (nSPS) is 10.9. The van der Waals surface area contributed by atoms with E-state index in [2.05, 4.69) is 198 Å². The first kappa shape index (κ1) is 30.7. The number of rotatable bonds is 9. The van der Waals surface area contributed by atoms with Crippen LogP contribution in [0.4, 0.5) is 39.8 Å². The fourth-order valence-electron chi connectivity index (χ4n) is 6.73. The molecule has 0 unspecified atom stereocenters. The van der Waals surface area contributed by atoms with Crippen LogP contribution in [0, 0.1) is 6.92 Å². The Labute approximate surface area is 294 Å². The lowest BCUT2D eigenvalue weighted by Crippen LogP contribution is -2.14. The van der Waals surface area contributed by atoms with Crippen LogP contribution in [0.2, 0.25) is 0 Å². The van der Waals surface area contributed by atoms with Crippen molar-refractivity contribution in [3.8, 4) is 22.3 Å². The average Bonchev–Trinajstić information content (AvgIpc) is 3.17. The summed E-state index contributed by atoms with van der Waals surface area (Å²) in [4.78, 5) is 2.41. The standard InChI is InChI=1S/C47H37N3/c1-34-15-13-24-41(33-34)50(40-22-9-4-10-23-40)47-45(49-38-20-7-3-8-21-38)32-31-43(46(47)44-26-14-17-35-16-11-12-25-42(35)44)36-27-29-39(30-28-36)48-37-18-5-2-6-19-37/h2-33,48-49H,1H3. The summed E-state index contributed by atoms with van der Waals surface area (Å²) in [5.41, 5.74) is 13.2. The van der Waals surface area contributed by atoms with Gasteiger partial charge < -0.3 is 15.5 Å². The van der Waals surface area contributed by atoms with E-state index in [1.165, 1.54) is 21.9 Å². The van der Waals surface area contributed by atoms with Crippen LogP contribution in [0.15, 0.2) is 194 Å². The maximum absolute atomic E-state index is 3.83. The van der Waals surface area contributed by atoms with Crippen molar-refractivity contribution in [3.63, 3.8) is 0 Å². The third-order valence-corrected chi connectivity index (χ3v) is 9.05. The van der Waals surface area contributed by atoms with Crippen molar-refractivity contribution in [3.05, 3.63) is 200 Å². The van der Waals surface area contributed by atoms with Crippen LogP contribution in [-0.2, 0) is 0 Å². The molecule has 0 aliphatic heterocycles. The Morgan fingerprint density at radius 3 is 1.72 bits per heavy atom. The molecule has 0 amide bonds. The summed E-state index contributed by atoms with van der Waals surface area (Å²) in [6, 6.07) is 68.8. The molecule has 0 heterocycles. The zero-order chi connectivity index (χ0) is 33.7. The van der Waals surface area contributed by atoms with Gasteiger partial charge in [0.25, 0.3) is 0 Å². The summed E-state index contributed by atoms with van der Waals surface area (Å²) in [5.74, 6) is 0. The van der Waals surface area contributed by atoms with Gasteiger partial charge in [-0.1, -0.05) is 127 Å². The van der Waals surface area contributed by atoms with Crippen molar-refractivity contribution in [2.24, 2.45) is 0 Å². The summed E-state index contributed by atoms with van der Waals surface area (Å²) < 4.78 is 0. The zero-order valence-corrected chi connectivity index (χ0v) is 27.9. The molecular weight excluding hydrogens is 607 g/mol. The van der Waals surface area contributed by atoms with Gasteiger partial charge in [0, 0.05) is 34.0 Å². The van der Waals surface area contributed by atoms with Gasteiger partial charge in [0.2, 0.25) is 0 Å². The van der Waals surface area contributed by atoms with E-state index in [0.717, 1.165) is 56.5 Å². The van der Waals surface area contributed by atoms with Crippen molar-refractivity contribution in [1.82, 2.24) is 0 Å². The number of para-hydroxylation sites is 3. The summed E-state index contributed by atoms with van der Waals surface area (Å²) in [6.07, 6.45) is 0. The molecule has 0 radical (unpaired) electrons. The highest BCUT2D eigenvalue weighted by molar-refractivity contribution is 6.09. The number of hydrogen-bond donors (Lipinski definition) is 2. The molecule has 0 saturated heterocycles. The largest absolute Gasteiger partial charge is 0.356 e. The predicted octanol–water partition coefficient (Wildman–Crippen LogP) is 13.4. The fraction of sp³-hybridized carbons (Fsp3) is 0.0213. The van der Waals surface area contributed by atoms with E-state index in [-0.39, 0.29) is 0 Å². The summed E-state index contributed by atoms with van der Waals surface area (Å²) in [7, 11) is 0. The maximum atomic E-state index is 3.83. The monoisotopic (exact) mass is 643 g/mol. The molecule has 0 fully saturated rings. The number of nitrogens with one attached hydrogen (secondary N) is 2. The Hall–Kier alpha value is -6.58. The number of aryl methyl sites for hydroxylation is 1. The minimum atomic E-state index is 1.01. The molecule has 8 rings (SSSR count). The van der Waals surface area contributed by atoms with E-state index in [4.69, 9.17) is 0 Å². The van der Waals surface area contributed by atoms with Gasteiger partial charge in [-0.2, -0.15) is 0 Å². The molecule has 0 bridgehead atoms. The zero-order valence-electron chi connectivity index (χ0n) is 27.9. The number of benzene rings is 8. The second-order valence-corrected chi connectivity index (χ2v) is 12.5. The van der Waals surface area contributed by atoms with E-state index in [1.807, 2.05) is 18.2 Å². The van der Waals surface area contributed by atoms with Crippen LogP contribution in [0.5, 0.6) is 0 Å². The fourth-order valence-corrected chi connectivity index (χ4v) is 6.73. The van der Waals surface area contributed by atoms with Gasteiger partial charge in [-0.05, 0) is 107 Å². The number of hydrogen-bond acceptors (Lipinski definition) is 3. The second kappa shape index (κ2) is 13.9. The molecule has 240 valence electrons. The second-order valence-electron chi connectivity index (χ2n) is 12.5. The Kier molecular flexibility index (Phi) is 8.53. The van der Waals surface area contributed by atoms with Gasteiger partial charge in [-0.3, -0.25) is 0 Å². The predicted molar refractivity (Wildman–Crippen MR) is 214 cm³/mol. The third-order valence-electron chi connectivity index (χ3n) is 9.05. The van der Waals surface area contributed by atoms with Crippen LogP contribution in [0.25, 0.3) is 33.0 Å². The summed E-state index contributed by atoms with van der Waals surface area (Å²) in [6.45, 7) is 2.16. The molecule has 8 aromatic rings. The molecule has 3 nitrogen and oxygen atoms in total. The Balaban J connectivity index is 1.43. The van der Waals surface area contributed by atoms with Crippen LogP contribution in [0.3, 0.4) is 0 Å². The van der Waals surface area contributed by atoms with E-state index in [0.29, 0.717) is 0 Å². The highest BCUT2D eigenvalue weighted by Crippen LogP contribution is 2.51. The molecular formula is C47H37N3. The van der Waals surface area contributed by atoms with Crippen LogP contribution in [0.1, 0.15) is 5.56 Å². The quantitative estimate of drug-likeness (QED) is 0.164. The van der Waals surface area contributed by atoms with Crippen LogP contribution >= 0.6 is 0 Å². The van der Waals surface area contributed by atoms with Crippen molar-refractivity contribution >= 4 is 50.6 Å². The van der Waals surface area contributed by atoms with E-state index in [9.17, 15) is 0 Å². The summed E-state index contributed by atoms with van der Waals surface area (Å²) in [5, 5.41) is 9.78. The molecule has 0 aliphatic rings. The smallest absolute Gasteiger partial charge is 0.0782 e. The molecule has 3 heteroatoms. The van der Waals surface area contributed by atoms with Gasteiger partial charge in [-0.25, -0.2) is 0 Å². The first-order chi connectivity index (χ1) is 24.7. The molecule has 8 aromatic carbocycles. The molecule has 0 spiro atoms. The minimum absolute atomic E-state index is 1.01. The van der Waals surface area contributed by atoms with Gasteiger partial charge >= 0.3 is 0 Å². The lowest BCUT2D eigenvalue weighted by atomic mass is 9.88. The SMILES string of the molecule is Cc1cccc(N(c2ccccc2)c2c(Nc3ccccc3)ccc(-c3ccc(Nc4ccccc4)cc3)c2-c2cccc3ccccc23)c1. The molecule has 50 heavy (non-hydrogen) atoms. The molecule has 0 saturated carbocycles. The van der Waals surface area contributed by atoms with E-state index < -0.39 is 0 Å². The van der Waals surface area contributed by atoms with Crippen molar-refractivity contribution in [2.75, 3.05) is 15.5 Å². The third kappa shape index (κ3) is 6.33. The molecule has 0 atom stereocenters. The van der Waals surface area contributed by atoms with Crippen LogP contribution < -0.4 is 15.5 Å². The van der Waals surface area contributed by atoms with Crippen LogP contribution in [-0.4, -0.2) is 0 Å². The van der Waals surface area contributed by atoms with E-state index in [1.54, 1.807) is 0 Å². The topological polar surface area (TPSA) is 27.3 Å². The number of nitrogens with zero attached hydrogens (tertiary/aromatic N) is 1. The number of anilines is 7. The van der Waals surface area contributed by atoms with Gasteiger partial charge in [-0.15, -0.1) is 0 Å². The molecule has 2 N–H and O–H groups in total.